The number of pyridine rings is 3. The number of carboxylic acid groups (broad SMARTS) is 3. The molecule has 3 aromatic rings. The summed E-state index contributed by atoms with van der Waals surface area (Å²) in [5.41, 5.74) is 1.48. The van der Waals surface area contributed by atoms with Gasteiger partial charge in [-0.15, -0.1) is 0 Å². The van der Waals surface area contributed by atoms with Gasteiger partial charge in [0.15, 0.2) is 0 Å². The predicted molar refractivity (Wildman–Crippen MR) is 135 cm³/mol. The first-order valence-electron chi connectivity index (χ1n) is 10.8. The Bertz CT molecular complexity index is 920. The first-order valence-corrected chi connectivity index (χ1v) is 10.8. The van der Waals surface area contributed by atoms with Crippen molar-refractivity contribution in [2.75, 3.05) is 16.0 Å². The third kappa shape index (κ3) is 12.5. The van der Waals surface area contributed by atoms with Gasteiger partial charge in [0.1, 0.15) is 23.9 Å². The quantitative estimate of drug-likeness (QED) is 0.254. The molecule has 0 bridgehead atoms. The first kappa shape index (κ1) is 29.3. The Kier molecular flexibility index (Phi) is 13.0. The van der Waals surface area contributed by atoms with Crippen LogP contribution in [-0.2, 0) is 14.4 Å². The second kappa shape index (κ2) is 16.0. The molecular weight excluding hydrogens is 468 g/mol. The molecule has 0 fully saturated rings. The van der Waals surface area contributed by atoms with Gasteiger partial charge < -0.3 is 31.3 Å². The van der Waals surface area contributed by atoms with Gasteiger partial charge in [0.25, 0.3) is 0 Å². The van der Waals surface area contributed by atoms with Crippen LogP contribution in [0.25, 0.3) is 0 Å². The number of aliphatic carboxylic acids is 3. The van der Waals surface area contributed by atoms with Gasteiger partial charge in [0.05, 0.1) is 5.69 Å². The van der Waals surface area contributed by atoms with E-state index in [0.717, 1.165) is 5.69 Å². The van der Waals surface area contributed by atoms with Crippen molar-refractivity contribution in [1.29, 1.82) is 0 Å². The van der Waals surface area contributed by atoms with Crippen LogP contribution in [0.1, 0.15) is 20.8 Å². The molecule has 3 atom stereocenters. The number of nitrogens with one attached hydrogen (secondary N) is 3. The number of carbonyl (C=O) groups is 3. The molecule has 12 heteroatoms. The highest BCUT2D eigenvalue weighted by Crippen LogP contribution is 2.05. The van der Waals surface area contributed by atoms with E-state index in [1.54, 1.807) is 94.2 Å². The second-order valence-electron chi connectivity index (χ2n) is 7.31. The molecule has 3 rings (SSSR count). The highest BCUT2D eigenvalue weighted by atomic mass is 16.4. The van der Waals surface area contributed by atoms with Crippen LogP contribution in [0, 0.1) is 0 Å². The molecule has 3 heterocycles. The normalized spacial score (nSPS) is 12.1. The van der Waals surface area contributed by atoms with Crippen LogP contribution in [0.4, 0.5) is 17.2 Å². The minimum absolute atomic E-state index is 0.576. The number of hydrogen-bond donors (Lipinski definition) is 6. The molecule has 0 saturated heterocycles. The molecule has 0 unspecified atom stereocenters. The average molecular weight is 499 g/mol. The molecule has 36 heavy (non-hydrogen) atoms. The molecule has 3 aromatic heterocycles. The number of anilines is 3. The Hall–Kier alpha value is -4.74. The summed E-state index contributed by atoms with van der Waals surface area (Å²) in [5.74, 6) is -2.06. The predicted octanol–water partition coefficient (Wildman–Crippen LogP) is 2.90. The Morgan fingerprint density at radius 3 is 1.67 bits per heavy atom. The standard InChI is InChI=1S/3C8H10N2O2/c1-6(8(11)12)10-7-2-4-9-5-3-7;1-6(8(11)12)10-7-3-2-4-9-5-7;1-6(8(11)12)10-7-4-2-3-5-9-7/h2-6H,1H3,(H,9,10)(H,11,12);2-6,10H,1H3,(H,11,12);2-6H,1H3,(H,9,10)(H,11,12)/t3*6-/m000/s1. The van der Waals surface area contributed by atoms with Crippen molar-refractivity contribution in [1.82, 2.24) is 15.0 Å². The van der Waals surface area contributed by atoms with Crippen LogP contribution in [0.15, 0.2) is 73.4 Å². The topological polar surface area (TPSA) is 187 Å². The Morgan fingerprint density at radius 1 is 0.639 bits per heavy atom. The van der Waals surface area contributed by atoms with Crippen LogP contribution in [0.2, 0.25) is 0 Å². The molecule has 0 aromatic carbocycles. The lowest BCUT2D eigenvalue weighted by Crippen LogP contribution is -2.25. The number of hydrogen-bond acceptors (Lipinski definition) is 9. The van der Waals surface area contributed by atoms with Gasteiger partial charge in [-0.05, 0) is 57.2 Å². The van der Waals surface area contributed by atoms with Crippen LogP contribution >= 0.6 is 0 Å². The number of aromatic nitrogens is 3. The summed E-state index contributed by atoms with van der Waals surface area (Å²) in [6, 6.07) is 10.5. The zero-order chi connectivity index (χ0) is 26.9. The molecule has 0 amide bonds. The second-order valence-corrected chi connectivity index (χ2v) is 7.31. The fourth-order valence-corrected chi connectivity index (χ4v) is 2.25. The van der Waals surface area contributed by atoms with Gasteiger partial charge in [0, 0.05) is 36.7 Å². The van der Waals surface area contributed by atoms with Crippen LogP contribution in [0.3, 0.4) is 0 Å². The fraction of sp³-hybridized carbons (Fsp3) is 0.250. The largest absolute Gasteiger partial charge is 0.480 e. The van der Waals surface area contributed by atoms with E-state index in [-0.39, 0.29) is 0 Å². The third-order valence-electron chi connectivity index (χ3n) is 4.25. The molecule has 0 saturated carbocycles. The van der Waals surface area contributed by atoms with E-state index in [9.17, 15) is 14.4 Å². The highest BCUT2D eigenvalue weighted by molar-refractivity contribution is 5.77. The van der Waals surface area contributed by atoms with Gasteiger partial charge in [-0.2, -0.15) is 0 Å². The van der Waals surface area contributed by atoms with E-state index in [1.165, 1.54) is 0 Å². The molecule has 192 valence electrons. The van der Waals surface area contributed by atoms with E-state index in [0.29, 0.717) is 11.5 Å². The Labute approximate surface area is 208 Å². The maximum absolute atomic E-state index is 10.4. The van der Waals surface area contributed by atoms with E-state index < -0.39 is 36.0 Å². The lowest BCUT2D eigenvalue weighted by Gasteiger charge is -2.09. The van der Waals surface area contributed by atoms with Gasteiger partial charge in [-0.3, -0.25) is 24.4 Å². The lowest BCUT2D eigenvalue weighted by molar-refractivity contribution is -0.138. The summed E-state index contributed by atoms with van der Waals surface area (Å²) >= 11 is 0. The lowest BCUT2D eigenvalue weighted by atomic mass is 10.3. The zero-order valence-corrected chi connectivity index (χ0v) is 20.1. The molecule has 0 aliphatic heterocycles. The van der Waals surface area contributed by atoms with E-state index in [2.05, 4.69) is 30.9 Å². The van der Waals surface area contributed by atoms with Crippen molar-refractivity contribution in [3.05, 3.63) is 73.4 Å². The van der Waals surface area contributed by atoms with E-state index >= 15 is 0 Å². The van der Waals surface area contributed by atoms with E-state index in [1.807, 2.05) is 0 Å². The molecule has 0 spiro atoms. The summed E-state index contributed by atoms with van der Waals surface area (Å²) in [7, 11) is 0. The number of nitrogens with zero attached hydrogens (tertiary/aromatic N) is 3. The molecule has 6 N–H and O–H groups in total. The smallest absolute Gasteiger partial charge is 0.325 e. The van der Waals surface area contributed by atoms with Crippen LogP contribution < -0.4 is 16.0 Å². The molecule has 0 aliphatic carbocycles. The third-order valence-corrected chi connectivity index (χ3v) is 4.25. The molecule has 0 radical (unpaired) electrons. The average Bonchev–Trinajstić information content (AvgIpc) is 2.86. The highest BCUT2D eigenvalue weighted by Gasteiger charge is 2.10. The summed E-state index contributed by atoms with van der Waals surface area (Å²) in [6.45, 7) is 4.73. The van der Waals surface area contributed by atoms with Gasteiger partial charge in [-0.25, -0.2) is 4.98 Å². The Balaban J connectivity index is 0.000000270. The zero-order valence-electron chi connectivity index (χ0n) is 20.1. The van der Waals surface area contributed by atoms with Crippen molar-refractivity contribution >= 4 is 35.1 Å². The van der Waals surface area contributed by atoms with Crippen LogP contribution in [-0.4, -0.2) is 66.3 Å². The summed E-state index contributed by atoms with van der Waals surface area (Å²) in [5, 5.41) is 34.0. The van der Waals surface area contributed by atoms with Gasteiger partial charge in [0.2, 0.25) is 0 Å². The monoisotopic (exact) mass is 498 g/mol. The van der Waals surface area contributed by atoms with Gasteiger partial charge in [-0.1, -0.05) is 6.07 Å². The fourth-order valence-electron chi connectivity index (χ4n) is 2.25. The molecule has 12 nitrogen and oxygen atoms in total. The van der Waals surface area contributed by atoms with Crippen molar-refractivity contribution in [2.45, 2.75) is 38.9 Å². The SMILES string of the molecule is C[C@H](Nc1ccccn1)C(=O)O.C[C@H](Nc1cccnc1)C(=O)O.C[C@H](Nc1ccncc1)C(=O)O. The Morgan fingerprint density at radius 2 is 1.19 bits per heavy atom. The maximum atomic E-state index is 10.4. The summed E-state index contributed by atoms with van der Waals surface area (Å²) in [4.78, 5) is 42.8. The number of carboxylic acids is 3. The molecular formula is C24H30N6O6. The first-order chi connectivity index (χ1) is 17.1. The van der Waals surface area contributed by atoms with E-state index in [4.69, 9.17) is 15.3 Å². The number of rotatable bonds is 9. The maximum Gasteiger partial charge on any atom is 0.325 e. The minimum atomic E-state index is -0.888. The van der Waals surface area contributed by atoms with Crippen molar-refractivity contribution in [2.24, 2.45) is 0 Å². The minimum Gasteiger partial charge on any atom is -0.480 e. The summed E-state index contributed by atoms with van der Waals surface area (Å²) in [6.07, 6.45) is 8.04. The van der Waals surface area contributed by atoms with Crippen molar-refractivity contribution in [3.8, 4) is 0 Å². The van der Waals surface area contributed by atoms with Crippen molar-refractivity contribution in [3.63, 3.8) is 0 Å². The van der Waals surface area contributed by atoms with Gasteiger partial charge >= 0.3 is 17.9 Å². The molecule has 0 aliphatic rings. The van der Waals surface area contributed by atoms with Crippen LogP contribution in [0.5, 0.6) is 0 Å². The summed E-state index contributed by atoms with van der Waals surface area (Å²) < 4.78 is 0. The van der Waals surface area contributed by atoms with Crippen molar-refractivity contribution < 1.29 is 29.7 Å².